The highest BCUT2D eigenvalue weighted by Crippen LogP contribution is 2.09. The quantitative estimate of drug-likeness (QED) is 0.530. The Morgan fingerprint density at radius 2 is 2.20 bits per heavy atom. The van der Waals surface area contributed by atoms with Crippen molar-refractivity contribution >= 4 is 23.8 Å². The van der Waals surface area contributed by atoms with Gasteiger partial charge in [0.25, 0.3) is 0 Å². The Morgan fingerprint density at radius 1 is 1.55 bits per heavy atom. The van der Waals surface area contributed by atoms with E-state index in [0.717, 1.165) is 4.90 Å². The van der Waals surface area contributed by atoms with Crippen LogP contribution in [0.1, 0.15) is 13.3 Å². The first kappa shape index (κ1) is 15.9. The van der Waals surface area contributed by atoms with E-state index in [2.05, 4.69) is 15.4 Å². The van der Waals surface area contributed by atoms with Crippen molar-refractivity contribution in [2.75, 3.05) is 20.3 Å². The third-order valence-corrected chi connectivity index (χ3v) is 2.83. The van der Waals surface area contributed by atoms with Gasteiger partial charge < -0.3 is 20.1 Å². The van der Waals surface area contributed by atoms with E-state index < -0.39 is 35.9 Å². The lowest BCUT2D eigenvalue weighted by Gasteiger charge is -2.34. The van der Waals surface area contributed by atoms with E-state index in [9.17, 15) is 19.2 Å². The largest absolute Gasteiger partial charge is 0.480 e. The summed E-state index contributed by atoms with van der Waals surface area (Å²) >= 11 is 0. The Labute approximate surface area is 115 Å². The van der Waals surface area contributed by atoms with Crippen molar-refractivity contribution in [3.05, 3.63) is 0 Å². The summed E-state index contributed by atoms with van der Waals surface area (Å²) in [7, 11) is 1.30. The standard InChI is InChI=1S/C11H17N3O6/c1-3-7-9(16)13-8(15)4-14(7)11(19)12-6(5-20-2)10(17)18/h6-7H,3-5H2,1-2H3,(H,12,19)(H,17,18)(H,13,15,16). The molecule has 1 aliphatic rings. The number of hydrogen-bond acceptors (Lipinski definition) is 5. The first-order chi connectivity index (χ1) is 9.40. The van der Waals surface area contributed by atoms with E-state index in [1.54, 1.807) is 6.92 Å². The summed E-state index contributed by atoms with van der Waals surface area (Å²) in [6.07, 6.45) is 0.314. The van der Waals surface area contributed by atoms with Crippen LogP contribution in [0.2, 0.25) is 0 Å². The number of carboxylic acids is 1. The van der Waals surface area contributed by atoms with Gasteiger partial charge in [0, 0.05) is 7.11 Å². The van der Waals surface area contributed by atoms with Gasteiger partial charge in [-0.1, -0.05) is 6.92 Å². The zero-order valence-corrected chi connectivity index (χ0v) is 11.2. The number of nitrogens with one attached hydrogen (secondary N) is 2. The Morgan fingerprint density at radius 3 is 2.70 bits per heavy atom. The molecule has 0 aromatic carbocycles. The molecule has 9 nitrogen and oxygen atoms in total. The summed E-state index contributed by atoms with van der Waals surface area (Å²) in [6.45, 7) is 1.17. The minimum absolute atomic E-state index is 0.216. The Balaban J connectivity index is 2.79. The maximum atomic E-state index is 12.0. The number of imide groups is 1. The molecule has 1 heterocycles. The molecule has 0 aromatic rings. The predicted molar refractivity (Wildman–Crippen MR) is 65.8 cm³/mol. The van der Waals surface area contributed by atoms with Gasteiger partial charge >= 0.3 is 12.0 Å². The molecule has 0 spiro atoms. The average Bonchev–Trinajstić information content (AvgIpc) is 2.37. The molecule has 0 bridgehead atoms. The van der Waals surface area contributed by atoms with Crippen molar-refractivity contribution in [3.8, 4) is 0 Å². The average molecular weight is 287 g/mol. The van der Waals surface area contributed by atoms with Crippen LogP contribution < -0.4 is 10.6 Å². The minimum Gasteiger partial charge on any atom is -0.480 e. The Kier molecular flexibility index (Phi) is 5.44. The number of aliphatic carboxylic acids is 1. The van der Waals surface area contributed by atoms with Gasteiger partial charge in [-0.05, 0) is 6.42 Å². The number of carbonyl (C=O) groups excluding carboxylic acids is 3. The van der Waals surface area contributed by atoms with Crippen molar-refractivity contribution in [2.24, 2.45) is 0 Å². The van der Waals surface area contributed by atoms with Crippen LogP contribution in [0.5, 0.6) is 0 Å². The number of rotatable bonds is 5. The molecule has 2 unspecified atom stereocenters. The molecule has 20 heavy (non-hydrogen) atoms. The van der Waals surface area contributed by atoms with Crippen molar-refractivity contribution in [1.82, 2.24) is 15.5 Å². The molecule has 2 atom stereocenters. The van der Waals surface area contributed by atoms with Gasteiger partial charge in [0.05, 0.1) is 6.61 Å². The zero-order valence-electron chi connectivity index (χ0n) is 11.2. The van der Waals surface area contributed by atoms with Crippen molar-refractivity contribution in [3.63, 3.8) is 0 Å². The fourth-order valence-corrected chi connectivity index (χ4v) is 1.86. The number of carboxylic acid groups (broad SMARTS) is 1. The molecule has 9 heteroatoms. The smallest absolute Gasteiger partial charge is 0.328 e. The second-order valence-corrected chi connectivity index (χ2v) is 4.26. The molecule has 0 aliphatic carbocycles. The van der Waals surface area contributed by atoms with Gasteiger partial charge in [0.2, 0.25) is 11.8 Å². The first-order valence-corrected chi connectivity index (χ1v) is 6.03. The van der Waals surface area contributed by atoms with Gasteiger partial charge in [-0.3, -0.25) is 14.9 Å². The summed E-state index contributed by atoms with van der Waals surface area (Å²) in [5, 5.41) is 13.3. The van der Waals surface area contributed by atoms with Crippen LogP contribution in [0.15, 0.2) is 0 Å². The fourth-order valence-electron chi connectivity index (χ4n) is 1.86. The van der Waals surface area contributed by atoms with E-state index in [4.69, 9.17) is 5.11 Å². The van der Waals surface area contributed by atoms with Crippen molar-refractivity contribution in [1.29, 1.82) is 0 Å². The molecule has 1 rings (SSSR count). The highest BCUT2D eigenvalue weighted by Gasteiger charge is 2.36. The molecule has 0 saturated carbocycles. The van der Waals surface area contributed by atoms with Crippen LogP contribution in [0, 0.1) is 0 Å². The lowest BCUT2D eigenvalue weighted by atomic mass is 10.1. The highest BCUT2D eigenvalue weighted by atomic mass is 16.5. The molecule has 3 N–H and O–H groups in total. The van der Waals surface area contributed by atoms with E-state index >= 15 is 0 Å². The maximum absolute atomic E-state index is 12.0. The molecule has 1 saturated heterocycles. The number of carbonyl (C=O) groups is 4. The van der Waals surface area contributed by atoms with Crippen LogP contribution in [0.4, 0.5) is 4.79 Å². The van der Waals surface area contributed by atoms with Crippen LogP contribution in [0.3, 0.4) is 0 Å². The van der Waals surface area contributed by atoms with Crippen LogP contribution in [0.25, 0.3) is 0 Å². The zero-order chi connectivity index (χ0) is 15.3. The number of hydrogen-bond donors (Lipinski definition) is 3. The van der Waals surface area contributed by atoms with E-state index in [1.807, 2.05) is 0 Å². The van der Waals surface area contributed by atoms with Crippen LogP contribution >= 0.6 is 0 Å². The molecule has 0 radical (unpaired) electrons. The van der Waals surface area contributed by atoms with Gasteiger partial charge in [-0.2, -0.15) is 0 Å². The van der Waals surface area contributed by atoms with Gasteiger partial charge in [-0.25, -0.2) is 9.59 Å². The number of ether oxygens (including phenoxy) is 1. The molecular weight excluding hydrogens is 270 g/mol. The first-order valence-electron chi connectivity index (χ1n) is 6.03. The van der Waals surface area contributed by atoms with E-state index in [0.29, 0.717) is 6.42 Å². The normalized spacial score (nSPS) is 20.3. The molecule has 1 aliphatic heterocycles. The van der Waals surface area contributed by atoms with Gasteiger partial charge in [-0.15, -0.1) is 0 Å². The van der Waals surface area contributed by atoms with Crippen LogP contribution in [-0.4, -0.2) is 66.2 Å². The second-order valence-electron chi connectivity index (χ2n) is 4.26. The summed E-state index contributed by atoms with van der Waals surface area (Å²) in [5.41, 5.74) is 0. The summed E-state index contributed by atoms with van der Waals surface area (Å²) in [5.74, 6) is -2.44. The maximum Gasteiger partial charge on any atom is 0.328 e. The topological polar surface area (TPSA) is 125 Å². The summed E-state index contributed by atoms with van der Waals surface area (Å²) in [4.78, 5) is 46.9. The van der Waals surface area contributed by atoms with Crippen molar-refractivity contribution < 1.29 is 29.0 Å². The Bertz CT molecular complexity index is 424. The number of amides is 4. The third-order valence-electron chi connectivity index (χ3n) is 2.83. The lowest BCUT2D eigenvalue weighted by Crippen LogP contribution is -2.63. The second kappa shape index (κ2) is 6.85. The predicted octanol–water partition coefficient (Wildman–Crippen LogP) is -1.47. The highest BCUT2D eigenvalue weighted by molar-refractivity contribution is 6.04. The molecule has 112 valence electrons. The number of urea groups is 1. The van der Waals surface area contributed by atoms with Crippen molar-refractivity contribution in [2.45, 2.75) is 25.4 Å². The van der Waals surface area contributed by atoms with E-state index in [1.165, 1.54) is 7.11 Å². The summed E-state index contributed by atoms with van der Waals surface area (Å²) < 4.78 is 4.69. The Hall–Kier alpha value is -2.16. The molecule has 0 aromatic heterocycles. The number of nitrogens with zero attached hydrogens (tertiary/aromatic N) is 1. The number of piperazine rings is 1. The third kappa shape index (κ3) is 3.67. The van der Waals surface area contributed by atoms with E-state index in [-0.39, 0.29) is 13.2 Å². The molecule has 1 fully saturated rings. The molecule has 4 amide bonds. The fraction of sp³-hybridized carbons (Fsp3) is 0.636. The summed E-state index contributed by atoms with van der Waals surface area (Å²) in [6, 6.07) is -2.83. The molecular formula is C11H17N3O6. The monoisotopic (exact) mass is 287 g/mol. The van der Waals surface area contributed by atoms with Crippen LogP contribution in [-0.2, 0) is 19.1 Å². The number of methoxy groups -OCH3 is 1. The minimum atomic E-state index is -1.26. The lowest BCUT2D eigenvalue weighted by molar-refractivity contribution is -0.140. The van der Waals surface area contributed by atoms with Gasteiger partial charge in [0.1, 0.15) is 12.6 Å². The SMILES string of the molecule is CCC1C(=O)NC(=O)CN1C(=O)NC(COC)C(=O)O. The van der Waals surface area contributed by atoms with Gasteiger partial charge in [0.15, 0.2) is 6.04 Å².